The highest BCUT2D eigenvalue weighted by atomic mass is 32.2. The van der Waals surface area contributed by atoms with Crippen LogP contribution in [0.3, 0.4) is 0 Å². The maximum atomic E-state index is 2.54. The molecule has 0 aromatic heterocycles. The fraction of sp³-hybridized carbons (Fsp3) is 0.222. The molecule has 0 aliphatic carbocycles. The minimum Gasteiger partial charge on any atom is -0.310 e. The Morgan fingerprint density at radius 2 is 1.00 bits per heavy atom. The van der Waals surface area contributed by atoms with Gasteiger partial charge in [0.2, 0.25) is 6.71 Å². The van der Waals surface area contributed by atoms with E-state index in [1.54, 1.807) is 0 Å². The minimum atomic E-state index is -0.503. The second-order valence-corrected chi connectivity index (χ2v) is 18.3. The fourth-order valence-electron chi connectivity index (χ4n) is 9.75. The molecule has 0 spiro atoms. The van der Waals surface area contributed by atoms with E-state index in [1.165, 1.54) is 93.3 Å². The second kappa shape index (κ2) is 14.6. The lowest BCUT2D eigenvalue weighted by Crippen LogP contribution is -2.57. The summed E-state index contributed by atoms with van der Waals surface area (Å²) in [6, 6.07) is 58.0. The Labute approximate surface area is 345 Å². The van der Waals surface area contributed by atoms with Crippen LogP contribution in [-0.2, 0) is 5.41 Å². The van der Waals surface area contributed by atoms with Crippen LogP contribution in [-0.4, -0.2) is 6.71 Å². The molecule has 0 fully saturated rings. The molecule has 0 radical (unpaired) electrons. The van der Waals surface area contributed by atoms with E-state index in [-0.39, 0.29) is 6.71 Å². The summed E-state index contributed by atoms with van der Waals surface area (Å²) in [5.41, 5.74) is 19.5. The quantitative estimate of drug-likeness (QED) is 0.149. The van der Waals surface area contributed by atoms with Crippen molar-refractivity contribution in [1.82, 2.24) is 0 Å². The number of hydrogen-bond donors (Lipinski definition) is 0. The molecule has 1 nitrogen and oxygen atoms in total. The van der Waals surface area contributed by atoms with Crippen LogP contribution in [0.5, 0.6) is 0 Å². The van der Waals surface area contributed by atoms with Crippen LogP contribution in [0.15, 0.2) is 161 Å². The molecule has 9 rings (SSSR count). The van der Waals surface area contributed by atoms with Crippen molar-refractivity contribution in [3.63, 3.8) is 0 Å². The SMILES string of the molecule is Cc1ccc2c(c1)C(c1ccccc1)(c1ccccc1)c1cc(C)ccc1N2c1ccc2c(c1)Sc1ccccc1B2c1c(C(C)C)cc(C(C)C)cc1C(C)C. The molecule has 0 N–H and O–H groups in total. The van der Waals surface area contributed by atoms with Crippen LogP contribution >= 0.6 is 11.8 Å². The van der Waals surface area contributed by atoms with Gasteiger partial charge in [-0.1, -0.05) is 202 Å². The van der Waals surface area contributed by atoms with Crippen LogP contribution in [0.25, 0.3) is 0 Å². The molecule has 7 aromatic carbocycles. The Morgan fingerprint density at radius 1 is 0.491 bits per heavy atom. The second-order valence-electron chi connectivity index (χ2n) is 17.2. The summed E-state index contributed by atoms with van der Waals surface area (Å²) in [5.74, 6) is 1.29. The average Bonchev–Trinajstić information content (AvgIpc) is 3.22. The van der Waals surface area contributed by atoms with Gasteiger partial charge in [-0.3, -0.25) is 0 Å². The van der Waals surface area contributed by atoms with Crippen LogP contribution < -0.4 is 21.3 Å². The zero-order chi connectivity index (χ0) is 39.6. The van der Waals surface area contributed by atoms with Crippen molar-refractivity contribution < 1.29 is 0 Å². The van der Waals surface area contributed by atoms with Crippen molar-refractivity contribution in [3.8, 4) is 0 Å². The molecule has 0 saturated heterocycles. The topological polar surface area (TPSA) is 3.24 Å². The minimum absolute atomic E-state index is 0.151. The number of aryl methyl sites for hydroxylation is 2. The molecular weight excluding hydrogens is 705 g/mol. The largest absolute Gasteiger partial charge is 0.310 e. The van der Waals surface area contributed by atoms with Gasteiger partial charge in [0.25, 0.3) is 0 Å². The number of fused-ring (bicyclic) bond motifs is 4. The van der Waals surface area contributed by atoms with Gasteiger partial charge in [-0.15, -0.1) is 0 Å². The Hall–Kier alpha value is -5.25. The Bertz CT molecular complexity index is 2500. The smallest absolute Gasteiger partial charge is 0.244 e. The highest BCUT2D eigenvalue weighted by molar-refractivity contribution is 8.00. The van der Waals surface area contributed by atoms with E-state index in [2.05, 4.69) is 212 Å². The Kier molecular flexibility index (Phi) is 9.57. The standard InChI is InChI=1S/C54H52BNS/c1-34(2)39-31-43(35(3)4)53(44(32-39)36(5)6)55-47-21-15-16-22-51(47)57-52-33-42(25-26-48(52)55)56-49-27-23-37(7)29-45(49)54(40-17-11-9-12-18-40,41-19-13-10-14-20-41)46-30-38(8)24-28-50(46)56/h9-36H,1-8H3. The molecule has 0 saturated carbocycles. The van der Waals surface area contributed by atoms with E-state index in [0.29, 0.717) is 17.8 Å². The summed E-state index contributed by atoms with van der Waals surface area (Å²) in [4.78, 5) is 5.22. The number of rotatable bonds is 7. The molecular formula is C54H52BNS. The first-order valence-electron chi connectivity index (χ1n) is 20.8. The van der Waals surface area contributed by atoms with E-state index >= 15 is 0 Å². The molecule has 2 aliphatic rings. The fourth-order valence-corrected chi connectivity index (χ4v) is 10.9. The first-order valence-corrected chi connectivity index (χ1v) is 21.6. The van der Waals surface area contributed by atoms with E-state index in [9.17, 15) is 0 Å². The van der Waals surface area contributed by atoms with E-state index in [1.807, 2.05) is 11.8 Å². The van der Waals surface area contributed by atoms with Gasteiger partial charge in [-0.2, -0.15) is 0 Å². The van der Waals surface area contributed by atoms with Gasteiger partial charge >= 0.3 is 0 Å². The van der Waals surface area contributed by atoms with Gasteiger partial charge in [-0.25, -0.2) is 0 Å². The van der Waals surface area contributed by atoms with Crippen molar-refractivity contribution >= 4 is 51.9 Å². The van der Waals surface area contributed by atoms with Gasteiger partial charge < -0.3 is 4.90 Å². The van der Waals surface area contributed by atoms with Gasteiger partial charge in [0, 0.05) is 15.5 Å². The molecule has 2 aliphatic heterocycles. The molecule has 0 unspecified atom stereocenters. The van der Waals surface area contributed by atoms with E-state index in [4.69, 9.17) is 0 Å². The van der Waals surface area contributed by atoms with Crippen molar-refractivity contribution in [2.45, 2.75) is 88.3 Å². The van der Waals surface area contributed by atoms with Crippen molar-refractivity contribution in [2.24, 2.45) is 0 Å². The maximum Gasteiger partial charge on any atom is 0.244 e. The number of hydrogen-bond acceptors (Lipinski definition) is 2. The zero-order valence-electron chi connectivity index (χ0n) is 34.6. The summed E-state index contributed by atoms with van der Waals surface area (Å²) < 4.78 is 0. The summed E-state index contributed by atoms with van der Waals surface area (Å²) in [7, 11) is 0. The maximum absolute atomic E-state index is 2.54. The molecule has 2 heterocycles. The Balaban J connectivity index is 1.30. The van der Waals surface area contributed by atoms with Crippen LogP contribution in [0.1, 0.15) is 109 Å². The third-order valence-corrected chi connectivity index (χ3v) is 13.7. The number of benzene rings is 7. The Morgan fingerprint density at radius 3 is 1.53 bits per heavy atom. The van der Waals surface area contributed by atoms with Crippen molar-refractivity contribution in [3.05, 3.63) is 202 Å². The summed E-state index contributed by atoms with van der Waals surface area (Å²) in [6.45, 7) is 18.8. The van der Waals surface area contributed by atoms with Crippen molar-refractivity contribution in [2.75, 3.05) is 4.90 Å². The van der Waals surface area contributed by atoms with E-state index < -0.39 is 5.41 Å². The lowest BCUT2D eigenvalue weighted by Gasteiger charge is -2.47. The number of nitrogens with zero attached hydrogens (tertiary/aromatic N) is 1. The highest BCUT2D eigenvalue weighted by Gasteiger charge is 2.47. The van der Waals surface area contributed by atoms with Crippen molar-refractivity contribution in [1.29, 1.82) is 0 Å². The van der Waals surface area contributed by atoms with Gasteiger partial charge in [0.1, 0.15) is 0 Å². The summed E-state index contributed by atoms with van der Waals surface area (Å²) >= 11 is 1.93. The molecule has 0 bridgehead atoms. The predicted molar refractivity (Wildman–Crippen MR) is 246 cm³/mol. The highest BCUT2D eigenvalue weighted by Crippen LogP contribution is 2.58. The normalized spacial score (nSPS) is 14.1. The van der Waals surface area contributed by atoms with E-state index in [0.717, 1.165) is 0 Å². The summed E-state index contributed by atoms with van der Waals surface area (Å²) in [6.07, 6.45) is 0. The molecule has 0 amide bonds. The first kappa shape index (κ1) is 37.3. The monoisotopic (exact) mass is 757 g/mol. The number of anilines is 3. The molecule has 0 atom stereocenters. The summed E-state index contributed by atoms with van der Waals surface area (Å²) in [5, 5.41) is 0. The molecule has 282 valence electrons. The van der Waals surface area contributed by atoms with Gasteiger partial charge in [-0.05, 0) is 101 Å². The molecule has 57 heavy (non-hydrogen) atoms. The molecule has 7 aromatic rings. The van der Waals surface area contributed by atoms with Gasteiger partial charge in [0.15, 0.2) is 0 Å². The first-order chi connectivity index (χ1) is 27.6. The lowest BCUT2D eigenvalue weighted by molar-refractivity contribution is 0.729. The van der Waals surface area contributed by atoms with Gasteiger partial charge in [0.05, 0.1) is 16.8 Å². The average molecular weight is 758 g/mol. The molecule has 3 heteroatoms. The third kappa shape index (κ3) is 6.09. The van der Waals surface area contributed by atoms with Crippen LogP contribution in [0, 0.1) is 13.8 Å². The predicted octanol–water partition coefficient (Wildman–Crippen LogP) is 12.8. The zero-order valence-corrected chi connectivity index (χ0v) is 35.4. The third-order valence-electron chi connectivity index (χ3n) is 12.5. The lowest BCUT2D eigenvalue weighted by atomic mass is 9.34. The van der Waals surface area contributed by atoms with Crippen LogP contribution in [0.2, 0.25) is 0 Å². The van der Waals surface area contributed by atoms with Crippen LogP contribution in [0.4, 0.5) is 17.1 Å².